The number of para-hydroxylation sites is 2. The minimum atomic E-state index is -3.54. The second-order valence-corrected chi connectivity index (χ2v) is 10.2. The molecule has 8 nitrogen and oxygen atoms in total. The smallest absolute Gasteiger partial charge is 0.277 e. The predicted octanol–water partition coefficient (Wildman–Crippen LogP) is 4.96. The van der Waals surface area contributed by atoms with E-state index in [2.05, 4.69) is 25.1 Å². The van der Waals surface area contributed by atoms with Crippen molar-refractivity contribution in [2.45, 2.75) is 26.2 Å². The van der Waals surface area contributed by atoms with E-state index in [1.54, 1.807) is 49.4 Å². The SMILES string of the molecule is [C-]#[N+]c1nc(Cc2cc(Nc3ccccc3N(C)S(C)(=O)=O)c3c(n2)CC(C(F)F)=N3)ccc1C. The topological polar surface area (TPSA) is 91.9 Å². The monoisotopic (exact) mass is 496 g/mol. The van der Waals surface area contributed by atoms with Crippen LogP contribution in [0.3, 0.4) is 0 Å². The molecular formula is C24H22F2N6O2S. The van der Waals surface area contributed by atoms with Crippen LogP contribution in [0.2, 0.25) is 0 Å². The normalized spacial score (nSPS) is 12.8. The summed E-state index contributed by atoms with van der Waals surface area (Å²) in [5, 5.41) is 3.18. The third-order valence-corrected chi connectivity index (χ3v) is 6.77. The van der Waals surface area contributed by atoms with Gasteiger partial charge in [0.25, 0.3) is 12.2 Å². The van der Waals surface area contributed by atoms with Crippen molar-refractivity contribution in [1.82, 2.24) is 9.97 Å². The van der Waals surface area contributed by atoms with Crippen molar-refractivity contribution in [3.8, 4) is 0 Å². The molecule has 3 heterocycles. The Bertz CT molecular complexity index is 1480. The van der Waals surface area contributed by atoms with E-state index in [0.717, 1.165) is 16.1 Å². The zero-order valence-corrected chi connectivity index (χ0v) is 20.1. The molecule has 2 aromatic heterocycles. The number of hydrogen-bond acceptors (Lipinski definition) is 6. The number of nitrogens with one attached hydrogen (secondary N) is 1. The van der Waals surface area contributed by atoms with E-state index in [1.807, 2.05) is 0 Å². The van der Waals surface area contributed by atoms with Gasteiger partial charge in [0.05, 0.1) is 46.8 Å². The lowest BCUT2D eigenvalue weighted by molar-refractivity contribution is 0.224. The number of aliphatic imine (C=N–C) groups is 1. The fourth-order valence-corrected chi connectivity index (χ4v) is 4.21. The third-order valence-electron chi connectivity index (χ3n) is 5.58. The van der Waals surface area contributed by atoms with Gasteiger partial charge >= 0.3 is 0 Å². The molecule has 0 fully saturated rings. The summed E-state index contributed by atoms with van der Waals surface area (Å²) in [5.41, 5.74) is 3.61. The van der Waals surface area contributed by atoms with Crippen molar-refractivity contribution >= 4 is 44.3 Å². The maximum absolute atomic E-state index is 13.4. The minimum Gasteiger partial charge on any atom is -0.360 e. The van der Waals surface area contributed by atoms with Crippen molar-refractivity contribution < 1.29 is 17.2 Å². The first-order valence-electron chi connectivity index (χ1n) is 10.6. The lowest BCUT2D eigenvalue weighted by Gasteiger charge is -2.21. The summed E-state index contributed by atoms with van der Waals surface area (Å²) in [4.78, 5) is 16.5. The van der Waals surface area contributed by atoms with Gasteiger partial charge in [-0.15, -0.1) is 4.98 Å². The van der Waals surface area contributed by atoms with Crippen LogP contribution in [-0.4, -0.2) is 43.8 Å². The highest BCUT2D eigenvalue weighted by Crippen LogP contribution is 2.39. The van der Waals surface area contributed by atoms with Gasteiger partial charge in [0.15, 0.2) is 0 Å². The van der Waals surface area contributed by atoms with E-state index >= 15 is 0 Å². The zero-order chi connectivity index (χ0) is 25.3. The molecule has 0 saturated heterocycles. The molecule has 0 saturated carbocycles. The number of anilines is 3. The molecule has 180 valence electrons. The summed E-state index contributed by atoms with van der Waals surface area (Å²) < 4.78 is 52.3. The van der Waals surface area contributed by atoms with Crippen LogP contribution in [0.25, 0.3) is 4.85 Å². The summed E-state index contributed by atoms with van der Waals surface area (Å²) in [6.07, 6.45) is -1.43. The highest BCUT2D eigenvalue weighted by molar-refractivity contribution is 7.92. The van der Waals surface area contributed by atoms with Crippen molar-refractivity contribution in [3.63, 3.8) is 0 Å². The maximum atomic E-state index is 13.4. The largest absolute Gasteiger partial charge is 0.360 e. The Kier molecular flexibility index (Phi) is 6.49. The van der Waals surface area contributed by atoms with Gasteiger partial charge in [-0.1, -0.05) is 24.8 Å². The number of nitrogens with zero attached hydrogens (tertiary/aromatic N) is 5. The fraction of sp³-hybridized carbons (Fsp3) is 0.250. The van der Waals surface area contributed by atoms with Gasteiger partial charge in [-0.3, -0.25) is 9.29 Å². The van der Waals surface area contributed by atoms with Crippen molar-refractivity contribution in [2.24, 2.45) is 4.99 Å². The van der Waals surface area contributed by atoms with Crippen molar-refractivity contribution in [2.75, 3.05) is 22.9 Å². The highest BCUT2D eigenvalue weighted by Gasteiger charge is 2.27. The molecular weight excluding hydrogens is 474 g/mol. The average molecular weight is 497 g/mol. The minimum absolute atomic E-state index is 0.0883. The maximum Gasteiger partial charge on any atom is 0.277 e. The summed E-state index contributed by atoms with van der Waals surface area (Å²) in [6.45, 7) is 9.08. The third kappa shape index (κ3) is 5.12. The van der Waals surface area contributed by atoms with Crippen LogP contribution in [0.15, 0.2) is 47.5 Å². The van der Waals surface area contributed by atoms with Crippen LogP contribution >= 0.6 is 0 Å². The zero-order valence-electron chi connectivity index (χ0n) is 19.2. The Morgan fingerprint density at radius 1 is 1.14 bits per heavy atom. The summed E-state index contributed by atoms with van der Waals surface area (Å²) >= 11 is 0. The Morgan fingerprint density at radius 2 is 1.89 bits per heavy atom. The number of hydrogen-bond donors (Lipinski definition) is 1. The van der Waals surface area contributed by atoms with Crippen LogP contribution in [0.5, 0.6) is 0 Å². The molecule has 1 aliphatic rings. The molecule has 1 N–H and O–H groups in total. The van der Waals surface area contributed by atoms with Gasteiger partial charge in [0.2, 0.25) is 10.0 Å². The number of pyridine rings is 2. The van der Waals surface area contributed by atoms with Crippen LogP contribution in [0.1, 0.15) is 22.6 Å². The van der Waals surface area contributed by atoms with E-state index in [-0.39, 0.29) is 18.6 Å². The van der Waals surface area contributed by atoms with E-state index in [4.69, 9.17) is 6.57 Å². The standard InChI is InChI=1S/C24H22F2N6O2S/c1-14-9-10-15(29-24(14)27-2)11-16-12-18(22-19(28-16)13-20(31-22)23(25)26)30-17-7-5-6-8-21(17)32(3)35(4,33)34/h5-10,12,23H,11,13H2,1,3-4H3,(H,28,30). The summed E-state index contributed by atoms with van der Waals surface area (Å²) in [5.74, 6) is 0.295. The van der Waals surface area contributed by atoms with Crippen molar-refractivity contribution in [3.05, 3.63) is 76.5 Å². The van der Waals surface area contributed by atoms with E-state index in [9.17, 15) is 17.2 Å². The van der Waals surface area contributed by atoms with Crippen molar-refractivity contribution in [1.29, 1.82) is 0 Å². The molecule has 4 rings (SSSR count). The Labute approximate surface area is 202 Å². The molecule has 3 aromatic rings. The average Bonchev–Trinajstić information content (AvgIpc) is 3.24. The van der Waals surface area contributed by atoms with Gasteiger partial charge < -0.3 is 10.2 Å². The first-order chi connectivity index (χ1) is 16.6. The van der Waals surface area contributed by atoms with Crippen LogP contribution in [-0.2, 0) is 22.9 Å². The molecule has 0 spiro atoms. The number of sulfonamides is 1. The van der Waals surface area contributed by atoms with Gasteiger partial charge in [-0.05, 0) is 36.8 Å². The quantitative estimate of drug-likeness (QED) is 0.467. The van der Waals surface area contributed by atoms with E-state index in [0.29, 0.717) is 45.6 Å². The second kappa shape index (κ2) is 9.38. The number of aromatic nitrogens is 2. The molecule has 1 aliphatic heterocycles. The van der Waals surface area contributed by atoms with E-state index < -0.39 is 16.4 Å². The first-order valence-corrected chi connectivity index (χ1v) is 12.4. The summed E-state index contributed by atoms with van der Waals surface area (Å²) in [7, 11) is -2.11. The number of halogens is 2. The van der Waals surface area contributed by atoms with Gasteiger partial charge in [0, 0.05) is 13.5 Å². The molecule has 1 aromatic carbocycles. The number of rotatable bonds is 7. The Hall–Kier alpha value is -3.91. The molecule has 0 bridgehead atoms. The Balaban J connectivity index is 1.77. The first kappa shape index (κ1) is 24.2. The molecule has 0 aliphatic carbocycles. The predicted molar refractivity (Wildman–Crippen MR) is 132 cm³/mol. The number of alkyl halides is 2. The molecule has 0 atom stereocenters. The number of benzene rings is 1. The molecule has 35 heavy (non-hydrogen) atoms. The summed E-state index contributed by atoms with van der Waals surface area (Å²) in [6, 6.07) is 12.1. The van der Waals surface area contributed by atoms with Gasteiger partial charge in [-0.2, -0.15) is 0 Å². The lowest BCUT2D eigenvalue weighted by Crippen LogP contribution is -2.25. The Morgan fingerprint density at radius 3 is 2.57 bits per heavy atom. The van der Waals surface area contributed by atoms with Gasteiger partial charge in [-0.25, -0.2) is 22.2 Å². The van der Waals surface area contributed by atoms with Crippen LogP contribution in [0, 0.1) is 13.5 Å². The second-order valence-electron chi connectivity index (χ2n) is 8.14. The molecule has 0 amide bonds. The van der Waals surface area contributed by atoms with Gasteiger partial charge in [0.1, 0.15) is 11.4 Å². The number of aryl methyl sites for hydroxylation is 1. The lowest BCUT2D eigenvalue weighted by atomic mass is 10.1. The molecule has 0 radical (unpaired) electrons. The molecule has 0 unspecified atom stereocenters. The van der Waals surface area contributed by atoms with Crippen LogP contribution < -0.4 is 9.62 Å². The van der Waals surface area contributed by atoms with E-state index in [1.165, 1.54) is 7.05 Å². The fourth-order valence-electron chi connectivity index (χ4n) is 3.70. The molecule has 11 heteroatoms. The highest BCUT2D eigenvalue weighted by atomic mass is 32.2. The number of fused-ring (bicyclic) bond motifs is 1. The van der Waals surface area contributed by atoms with Crippen LogP contribution in [0.4, 0.5) is 37.3 Å².